The molecule has 3 rings (SSSR count). The lowest BCUT2D eigenvalue weighted by atomic mass is 9.94. The molecular formula is C20H27FN2O3. The monoisotopic (exact) mass is 362 g/mol. The van der Waals surface area contributed by atoms with E-state index in [0.717, 1.165) is 31.4 Å². The van der Waals surface area contributed by atoms with Crippen molar-refractivity contribution >= 4 is 11.9 Å². The van der Waals surface area contributed by atoms with Crippen molar-refractivity contribution in [1.82, 2.24) is 9.80 Å². The smallest absolute Gasteiger partial charge is 0.306 e. The van der Waals surface area contributed by atoms with E-state index >= 15 is 0 Å². The van der Waals surface area contributed by atoms with E-state index in [9.17, 15) is 14.0 Å². The topological polar surface area (TPSA) is 60.9 Å². The molecule has 1 atom stereocenters. The highest BCUT2D eigenvalue weighted by Gasteiger charge is 2.28. The summed E-state index contributed by atoms with van der Waals surface area (Å²) >= 11 is 0. The number of carbonyl (C=O) groups is 2. The molecule has 2 saturated heterocycles. The third-order valence-corrected chi connectivity index (χ3v) is 5.66. The Kier molecular flexibility index (Phi) is 6.25. The number of nitrogens with zero attached hydrogens (tertiary/aromatic N) is 2. The van der Waals surface area contributed by atoms with Gasteiger partial charge in [0.25, 0.3) is 0 Å². The van der Waals surface area contributed by atoms with Crippen molar-refractivity contribution in [2.24, 2.45) is 5.92 Å². The third kappa shape index (κ3) is 4.61. The number of benzene rings is 1. The van der Waals surface area contributed by atoms with Gasteiger partial charge in [-0.2, -0.15) is 0 Å². The summed E-state index contributed by atoms with van der Waals surface area (Å²) in [6.07, 6.45) is 4.72. The summed E-state index contributed by atoms with van der Waals surface area (Å²) < 4.78 is 13.6. The highest BCUT2D eigenvalue weighted by molar-refractivity contribution is 5.77. The molecule has 2 fully saturated rings. The second-order valence-electron chi connectivity index (χ2n) is 7.35. The van der Waals surface area contributed by atoms with E-state index in [2.05, 4.69) is 4.90 Å². The number of carboxylic acids is 1. The molecule has 1 amide bonds. The summed E-state index contributed by atoms with van der Waals surface area (Å²) in [7, 11) is 0. The van der Waals surface area contributed by atoms with Crippen molar-refractivity contribution in [2.75, 3.05) is 26.2 Å². The van der Waals surface area contributed by atoms with Gasteiger partial charge in [0.15, 0.2) is 0 Å². The molecule has 142 valence electrons. The quantitative estimate of drug-likeness (QED) is 0.874. The molecule has 2 aliphatic heterocycles. The first-order valence-corrected chi connectivity index (χ1v) is 9.54. The number of hydrogen-bond donors (Lipinski definition) is 1. The van der Waals surface area contributed by atoms with Gasteiger partial charge in [-0.3, -0.25) is 14.5 Å². The fourth-order valence-electron chi connectivity index (χ4n) is 4.12. The first-order chi connectivity index (χ1) is 12.5. The second kappa shape index (κ2) is 8.62. The summed E-state index contributed by atoms with van der Waals surface area (Å²) in [6.45, 7) is 2.65. The zero-order valence-electron chi connectivity index (χ0n) is 15.1. The van der Waals surface area contributed by atoms with Crippen molar-refractivity contribution in [3.05, 3.63) is 35.6 Å². The molecule has 1 N–H and O–H groups in total. The number of amides is 1. The first kappa shape index (κ1) is 18.8. The largest absolute Gasteiger partial charge is 0.481 e. The minimum absolute atomic E-state index is 0.0948. The Hall–Kier alpha value is -1.95. The normalized spacial score (nSPS) is 22.3. The number of halogens is 1. The van der Waals surface area contributed by atoms with Crippen LogP contribution in [0.15, 0.2) is 24.3 Å². The summed E-state index contributed by atoms with van der Waals surface area (Å²) in [6, 6.07) is 6.94. The minimum atomic E-state index is -0.761. The predicted octanol–water partition coefficient (Wildman–Crippen LogP) is 3.07. The molecule has 1 aromatic rings. The van der Waals surface area contributed by atoms with Crippen LogP contribution in [0, 0.1) is 11.7 Å². The molecule has 2 aliphatic rings. The number of carboxylic acid groups (broad SMARTS) is 1. The molecule has 1 aromatic carbocycles. The Bertz CT molecular complexity index is 644. The highest BCUT2D eigenvalue weighted by atomic mass is 19.1. The number of hydrogen-bond acceptors (Lipinski definition) is 3. The maximum atomic E-state index is 13.6. The maximum absolute atomic E-state index is 13.6. The van der Waals surface area contributed by atoms with Gasteiger partial charge in [0, 0.05) is 32.1 Å². The van der Waals surface area contributed by atoms with Crippen LogP contribution in [0.3, 0.4) is 0 Å². The average Bonchev–Trinajstić information content (AvgIpc) is 2.66. The van der Waals surface area contributed by atoms with Crippen molar-refractivity contribution in [3.8, 4) is 0 Å². The van der Waals surface area contributed by atoms with E-state index in [1.165, 1.54) is 6.07 Å². The van der Waals surface area contributed by atoms with Crippen LogP contribution in [-0.2, 0) is 9.59 Å². The second-order valence-corrected chi connectivity index (χ2v) is 7.35. The molecule has 6 heteroatoms. The van der Waals surface area contributed by atoms with E-state index in [0.29, 0.717) is 38.9 Å². The Morgan fingerprint density at radius 1 is 1.12 bits per heavy atom. The molecule has 0 bridgehead atoms. The van der Waals surface area contributed by atoms with Crippen LogP contribution in [0.5, 0.6) is 0 Å². The summed E-state index contributed by atoms with van der Waals surface area (Å²) in [4.78, 5) is 27.6. The van der Waals surface area contributed by atoms with Gasteiger partial charge in [0.05, 0.1) is 5.92 Å². The number of likely N-dealkylation sites (tertiary alicyclic amines) is 2. The van der Waals surface area contributed by atoms with Gasteiger partial charge in [-0.05, 0) is 49.9 Å². The fraction of sp³-hybridized carbons (Fsp3) is 0.600. The molecule has 0 spiro atoms. The lowest BCUT2D eigenvalue weighted by molar-refractivity contribution is -0.145. The molecule has 0 unspecified atom stereocenters. The van der Waals surface area contributed by atoms with Crippen LogP contribution in [0.1, 0.15) is 50.1 Å². The van der Waals surface area contributed by atoms with E-state index in [1.54, 1.807) is 17.0 Å². The SMILES string of the molecule is O=C(O)C1CCN(C(=O)CCN2CCCC[C@@H]2c2cccc(F)c2)CC1. The molecule has 26 heavy (non-hydrogen) atoms. The van der Waals surface area contributed by atoms with Crippen LogP contribution in [0.4, 0.5) is 4.39 Å². The van der Waals surface area contributed by atoms with Crippen LogP contribution in [0.25, 0.3) is 0 Å². The van der Waals surface area contributed by atoms with Gasteiger partial charge in [-0.25, -0.2) is 4.39 Å². The van der Waals surface area contributed by atoms with E-state index in [4.69, 9.17) is 5.11 Å². The van der Waals surface area contributed by atoms with Gasteiger partial charge >= 0.3 is 5.97 Å². The minimum Gasteiger partial charge on any atom is -0.481 e. The Labute approximate surface area is 153 Å². The molecular weight excluding hydrogens is 335 g/mol. The highest BCUT2D eigenvalue weighted by Crippen LogP contribution is 2.31. The zero-order chi connectivity index (χ0) is 18.5. The van der Waals surface area contributed by atoms with Crippen molar-refractivity contribution in [2.45, 2.75) is 44.6 Å². The maximum Gasteiger partial charge on any atom is 0.306 e. The fourth-order valence-corrected chi connectivity index (χ4v) is 4.12. The van der Waals surface area contributed by atoms with Gasteiger partial charge < -0.3 is 10.0 Å². The number of rotatable bonds is 5. The Balaban J connectivity index is 1.54. The third-order valence-electron chi connectivity index (χ3n) is 5.66. The standard InChI is InChI=1S/C20H27FN2O3/c21-17-5-3-4-16(14-17)18-6-1-2-10-22(18)13-9-19(24)23-11-7-15(8-12-23)20(25)26/h3-5,14-15,18H,1-2,6-13H2,(H,25,26)/t18-/m1/s1. The molecule has 5 nitrogen and oxygen atoms in total. The molecule has 0 radical (unpaired) electrons. The van der Waals surface area contributed by atoms with Crippen molar-refractivity contribution < 1.29 is 19.1 Å². The molecule has 2 heterocycles. The predicted molar refractivity (Wildman–Crippen MR) is 96.1 cm³/mol. The Morgan fingerprint density at radius 2 is 1.88 bits per heavy atom. The zero-order valence-corrected chi connectivity index (χ0v) is 15.1. The van der Waals surface area contributed by atoms with E-state index in [1.807, 2.05) is 6.07 Å². The van der Waals surface area contributed by atoms with Crippen LogP contribution < -0.4 is 0 Å². The number of aliphatic carboxylic acids is 1. The van der Waals surface area contributed by atoms with Crippen LogP contribution in [-0.4, -0.2) is 53.0 Å². The summed E-state index contributed by atoms with van der Waals surface area (Å²) in [5, 5.41) is 9.06. The van der Waals surface area contributed by atoms with Crippen molar-refractivity contribution in [1.29, 1.82) is 0 Å². The van der Waals surface area contributed by atoms with Gasteiger partial charge in [0.1, 0.15) is 5.82 Å². The number of carbonyl (C=O) groups excluding carboxylic acids is 1. The van der Waals surface area contributed by atoms with E-state index in [-0.39, 0.29) is 23.7 Å². The molecule has 0 aromatic heterocycles. The van der Waals surface area contributed by atoms with Crippen LogP contribution in [0.2, 0.25) is 0 Å². The van der Waals surface area contributed by atoms with Gasteiger partial charge in [0.2, 0.25) is 5.91 Å². The average molecular weight is 362 g/mol. The summed E-state index contributed by atoms with van der Waals surface area (Å²) in [5.74, 6) is -1.20. The Morgan fingerprint density at radius 3 is 2.58 bits per heavy atom. The van der Waals surface area contributed by atoms with Crippen LogP contribution >= 0.6 is 0 Å². The van der Waals surface area contributed by atoms with Gasteiger partial charge in [-0.15, -0.1) is 0 Å². The van der Waals surface area contributed by atoms with Crippen molar-refractivity contribution in [3.63, 3.8) is 0 Å². The lowest BCUT2D eigenvalue weighted by Gasteiger charge is -2.37. The summed E-state index contributed by atoms with van der Waals surface area (Å²) in [5.41, 5.74) is 0.986. The molecule has 0 aliphatic carbocycles. The first-order valence-electron chi connectivity index (χ1n) is 9.54. The molecule has 0 saturated carbocycles. The lowest BCUT2D eigenvalue weighted by Crippen LogP contribution is -2.42. The van der Waals surface area contributed by atoms with Gasteiger partial charge in [-0.1, -0.05) is 18.6 Å². The van der Waals surface area contributed by atoms with E-state index < -0.39 is 5.97 Å². The number of piperidine rings is 2.